The highest BCUT2D eigenvalue weighted by Crippen LogP contribution is 2.39. The molecule has 0 unspecified atom stereocenters. The Bertz CT molecular complexity index is 1120. The number of benzene rings is 1. The average molecular weight is 485 g/mol. The summed E-state index contributed by atoms with van der Waals surface area (Å²) < 4.78 is 11.5. The van der Waals surface area contributed by atoms with Gasteiger partial charge in [0.2, 0.25) is 12.0 Å². The van der Waals surface area contributed by atoms with Crippen LogP contribution >= 0.6 is 11.3 Å². The highest BCUT2D eigenvalue weighted by Gasteiger charge is 2.35. The van der Waals surface area contributed by atoms with Crippen LogP contribution in [0.25, 0.3) is 0 Å². The molecule has 10 heteroatoms. The number of para-hydroxylation sites is 2. The second-order valence-corrected chi connectivity index (χ2v) is 9.92. The predicted octanol–water partition coefficient (Wildman–Crippen LogP) is 1.65. The van der Waals surface area contributed by atoms with Gasteiger partial charge in [-0.15, -0.1) is 11.3 Å². The van der Waals surface area contributed by atoms with E-state index in [2.05, 4.69) is 5.32 Å². The number of hydrogen-bond acceptors (Lipinski definition) is 7. The Morgan fingerprint density at radius 1 is 1.12 bits per heavy atom. The Kier molecular flexibility index (Phi) is 6.18. The number of fused-ring (bicyclic) bond motifs is 2. The molecule has 5 rings (SSSR count). The molecule has 1 aliphatic carbocycles. The highest BCUT2D eigenvalue weighted by molar-refractivity contribution is 7.17. The Labute approximate surface area is 201 Å². The summed E-state index contributed by atoms with van der Waals surface area (Å²) in [6, 6.07) is 6.91. The molecule has 3 N–H and O–H groups in total. The van der Waals surface area contributed by atoms with E-state index < -0.39 is 18.1 Å². The van der Waals surface area contributed by atoms with Crippen LogP contribution in [0.4, 0.5) is 5.00 Å². The molecule has 3 amide bonds. The van der Waals surface area contributed by atoms with Gasteiger partial charge in [0.25, 0.3) is 11.8 Å². The zero-order chi connectivity index (χ0) is 23.8. The maximum Gasteiger partial charge on any atom is 0.267 e. The third-order valence-corrected chi connectivity index (χ3v) is 7.95. The summed E-state index contributed by atoms with van der Waals surface area (Å²) >= 11 is 1.45. The summed E-state index contributed by atoms with van der Waals surface area (Å²) in [6.07, 6.45) is 2.09. The molecule has 9 nitrogen and oxygen atoms in total. The van der Waals surface area contributed by atoms with E-state index in [1.807, 2.05) is 30.0 Å². The van der Waals surface area contributed by atoms with Crippen molar-refractivity contribution < 1.29 is 23.9 Å². The number of carbonyl (C=O) groups excluding carboxylic acids is 3. The Morgan fingerprint density at radius 3 is 2.59 bits per heavy atom. The van der Waals surface area contributed by atoms with Crippen LogP contribution in [0.3, 0.4) is 0 Å². The zero-order valence-corrected chi connectivity index (χ0v) is 19.9. The second-order valence-electron chi connectivity index (χ2n) is 8.82. The minimum absolute atomic E-state index is 0.106. The number of nitrogens with zero attached hydrogens (tertiary/aromatic N) is 2. The topological polar surface area (TPSA) is 114 Å². The third kappa shape index (κ3) is 4.23. The first-order valence-corrected chi connectivity index (χ1v) is 12.4. The van der Waals surface area contributed by atoms with Gasteiger partial charge < -0.3 is 25.4 Å². The van der Waals surface area contributed by atoms with E-state index in [9.17, 15) is 14.4 Å². The molecule has 3 aliphatic rings. The van der Waals surface area contributed by atoms with Crippen molar-refractivity contribution in [2.45, 2.75) is 38.3 Å². The van der Waals surface area contributed by atoms with Gasteiger partial charge in [-0.3, -0.25) is 19.3 Å². The van der Waals surface area contributed by atoms with E-state index in [1.165, 1.54) is 11.3 Å². The van der Waals surface area contributed by atoms with Crippen LogP contribution in [-0.2, 0) is 22.4 Å². The van der Waals surface area contributed by atoms with Gasteiger partial charge in [0.1, 0.15) is 11.6 Å². The molecule has 1 aromatic carbocycles. The standard InChI is InChI=1S/C24H28N4O5S/c1-14(22(30)26-23-20(21(25)29)15-5-4-8-19(15)34-23)27-9-11-28(12-10-27)24(31)18-13-32-16-6-2-3-7-17(16)33-18/h2-3,6-7,14,18H,4-5,8-13H2,1H3,(H2,25,29)(H,26,30)/t14-,18-/m1/s1. The van der Waals surface area contributed by atoms with E-state index >= 15 is 0 Å². The van der Waals surface area contributed by atoms with Crippen molar-refractivity contribution in [3.8, 4) is 11.5 Å². The van der Waals surface area contributed by atoms with E-state index in [-0.39, 0.29) is 18.4 Å². The van der Waals surface area contributed by atoms with Crippen molar-refractivity contribution in [1.82, 2.24) is 9.80 Å². The summed E-state index contributed by atoms with van der Waals surface area (Å²) in [5.74, 6) is 0.442. The van der Waals surface area contributed by atoms with Crippen LogP contribution in [0, 0.1) is 0 Å². The molecular formula is C24H28N4O5S. The lowest BCUT2D eigenvalue weighted by molar-refractivity contribution is -0.143. The first-order chi connectivity index (χ1) is 16.4. The number of primary amides is 1. The van der Waals surface area contributed by atoms with Gasteiger partial charge in [-0.25, -0.2) is 0 Å². The van der Waals surface area contributed by atoms with E-state index in [1.54, 1.807) is 11.0 Å². The quantitative estimate of drug-likeness (QED) is 0.667. The van der Waals surface area contributed by atoms with Gasteiger partial charge in [0.15, 0.2) is 11.5 Å². The number of hydrogen-bond donors (Lipinski definition) is 2. The fourth-order valence-corrected chi connectivity index (χ4v) is 6.11. The van der Waals surface area contributed by atoms with Gasteiger partial charge in [-0.1, -0.05) is 12.1 Å². The number of rotatable bonds is 5. The number of amides is 3. The van der Waals surface area contributed by atoms with Crippen LogP contribution in [0.5, 0.6) is 11.5 Å². The lowest BCUT2D eigenvalue weighted by Gasteiger charge is -2.39. The number of piperazine rings is 1. The van der Waals surface area contributed by atoms with Crippen molar-refractivity contribution in [2.24, 2.45) is 5.73 Å². The third-order valence-electron chi connectivity index (χ3n) is 6.74. The lowest BCUT2D eigenvalue weighted by Crippen LogP contribution is -2.57. The summed E-state index contributed by atoms with van der Waals surface area (Å²) in [7, 11) is 0. The van der Waals surface area contributed by atoms with Gasteiger partial charge >= 0.3 is 0 Å². The Morgan fingerprint density at radius 2 is 1.85 bits per heavy atom. The molecule has 2 aromatic rings. The molecule has 1 aromatic heterocycles. The van der Waals surface area contributed by atoms with Crippen LogP contribution in [0.2, 0.25) is 0 Å². The summed E-state index contributed by atoms with van der Waals surface area (Å²) in [4.78, 5) is 42.9. The van der Waals surface area contributed by atoms with Crippen molar-refractivity contribution >= 4 is 34.1 Å². The molecule has 1 saturated heterocycles. The number of carbonyl (C=O) groups is 3. The zero-order valence-electron chi connectivity index (χ0n) is 19.0. The van der Waals surface area contributed by atoms with Gasteiger partial charge in [-0.05, 0) is 43.9 Å². The average Bonchev–Trinajstić information content (AvgIpc) is 3.43. The smallest absolute Gasteiger partial charge is 0.267 e. The largest absolute Gasteiger partial charge is 0.485 e. The number of anilines is 1. The molecule has 0 radical (unpaired) electrons. The first kappa shape index (κ1) is 22.7. The molecule has 3 heterocycles. The molecule has 180 valence electrons. The van der Waals surface area contributed by atoms with Crippen molar-refractivity contribution in [1.29, 1.82) is 0 Å². The number of ether oxygens (including phenoxy) is 2. The maximum absolute atomic E-state index is 13.0. The predicted molar refractivity (Wildman–Crippen MR) is 127 cm³/mol. The number of nitrogens with two attached hydrogens (primary N) is 1. The van der Waals surface area contributed by atoms with Crippen molar-refractivity contribution in [2.75, 3.05) is 38.1 Å². The van der Waals surface area contributed by atoms with Crippen LogP contribution < -0.4 is 20.5 Å². The molecule has 0 saturated carbocycles. The molecule has 1 fully saturated rings. The molecule has 34 heavy (non-hydrogen) atoms. The normalized spacial score (nSPS) is 20.5. The van der Waals surface area contributed by atoms with E-state index in [0.29, 0.717) is 48.2 Å². The summed E-state index contributed by atoms with van der Waals surface area (Å²) in [5, 5.41) is 3.49. The molecule has 2 aliphatic heterocycles. The van der Waals surface area contributed by atoms with Crippen LogP contribution in [0.15, 0.2) is 24.3 Å². The SMILES string of the molecule is C[C@H](C(=O)Nc1sc2c(c1C(N)=O)CCC2)N1CCN(C(=O)[C@H]2COc3ccccc3O2)CC1. The van der Waals surface area contributed by atoms with E-state index in [4.69, 9.17) is 15.2 Å². The van der Waals surface area contributed by atoms with Crippen LogP contribution in [-0.4, -0.2) is 72.5 Å². The van der Waals surface area contributed by atoms with Gasteiger partial charge in [-0.2, -0.15) is 0 Å². The monoisotopic (exact) mass is 484 g/mol. The van der Waals surface area contributed by atoms with E-state index in [0.717, 1.165) is 29.7 Å². The van der Waals surface area contributed by atoms with Crippen molar-refractivity contribution in [3.63, 3.8) is 0 Å². The molecule has 0 spiro atoms. The lowest BCUT2D eigenvalue weighted by atomic mass is 10.1. The molecular weight excluding hydrogens is 456 g/mol. The fraction of sp³-hybridized carbons (Fsp3) is 0.458. The number of thiophene rings is 1. The Hall–Kier alpha value is -3.11. The van der Waals surface area contributed by atoms with Gasteiger partial charge in [0, 0.05) is 31.1 Å². The summed E-state index contributed by atoms with van der Waals surface area (Å²) in [6.45, 7) is 4.15. The molecule has 0 bridgehead atoms. The first-order valence-electron chi connectivity index (χ1n) is 11.6. The second kappa shape index (κ2) is 9.27. The Balaban J connectivity index is 1.16. The number of aryl methyl sites for hydroxylation is 1. The molecule has 2 atom stereocenters. The maximum atomic E-state index is 13.0. The number of nitrogens with one attached hydrogen (secondary N) is 1. The fourth-order valence-electron chi connectivity index (χ4n) is 4.81. The minimum Gasteiger partial charge on any atom is -0.485 e. The van der Waals surface area contributed by atoms with Gasteiger partial charge in [0.05, 0.1) is 11.6 Å². The minimum atomic E-state index is -0.671. The van der Waals surface area contributed by atoms with Crippen LogP contribution in [0.1, 0.15) is 34.1 Å². The van der Waals surface area contributed by atoms with Crippen molar-refractivity contribution in [3.05, 3.63) is 40.3 Å². The summed E-state index contributed by atoms with van der Waals surface area (Å²) in [5.41, 5.74) is 7.06. The highest BCUT2D eigenvalue weighted by atomic mass is 32.1.